The Kier molecular flexibility index (Phi) is 3.46. The minimum Gasteiger partial charge on any atom is -0.395 e. The van der Waals surface area contributed by atoms with Crippen LogP contribution in [0.2, 0.25) is 0 Å². The summed E-state index contributed by atoms with van der Waals surface area (Å²) < 4.78 is 1.51. The number of aryl methyl sites for hydroxylation is 2. The zero-order chi connectivity index (χ0) is 14.2. The summed E-state index contributed by atoms with van der Waals surface area (Å²) in [6, 6.07) is 0. The van der Waals surface area contributed by atoms with Crippen molar-refractivity contribution in [3.63, 3.8) is 0 Å². The molecule has 1 aromatic heterocycles. The molecule has 1 aliphatic rings. The molecule has 4 N–H and O–H groups in total. The fourth-order valence-corrected chi connectivity index (χ4v) is 2.45. The standard InChI is InChI=1S/C12H19N5O2/c1-7-9(13)10(16(2)15-7)12(19)17-5-3-8(4-6-17)11(14)18/h8H,3-6,13H2,1-2H3,(H2,14,18). The van der Waals surface area contributed by atoms with Crippen LogP contribution in [0.25, 0.3) is 0 Å². The summed E-state index contributed by atoms with van der Waals surface area (Å²) in [5, 5.41) is 4.14. The molecule has 0 aliphatic carbocycles. The number of hydrogen-bond donors (Lipinski definition) is 2. The molecule has 0 unspecified atom stereocenters. The van der Waals surface area contributed by atoms with E-state index in [9.17, 15) is 9.59 Å². The number of primary amides is 1. The van der Waals surface area contributed by atoms with E-state index in [1.807, 2.05) is 0 Å². The molecule has 1 saturated heterocycles. The van der Waals surface area contributed by atoms with Gasteiger partial charge in [0.25, 0.3) is 5.91 Å². The molecule has 19 heavy (non-hydrogen) atoms. The number of likely N-dealkylation sites (tertiary alicyclic amines) is 1. The lowest BCUT2D eigenvalue weighted by atomic mass is 9.96. The maximum atomic E-state index is 12.4. The Morgan fingerprint density at radius 1 is 1.32 bits per heavy atom. The number of amides is 2. The molecule has 0 aromatic carbocycles. The number of nitrogens with zero attached hydrogens (tertiary/aromatic N) is 3. The van der Waals surface area contributed by atoms with Crippen molar-refractivity contribution < 1.29 is 9.59 Å². The Labute approximate surface area is 111 Å². The second kappa shape index (κ2) is 4.91. The van der Waals surface area contributed by atoms with Gasteiger partial charge in [-0.3, -0.25) is 14.3 Å². The van der Waals surface area contributed by atoms with Crippen LogP contribution >= 0.6 is 0 Å². The molecular formula is C12H19N5O2. The van der Waals surface area contributed by atoms with Gasteiger partial charge < -0.3 is 16.4 Å². The molecular weight excluding hydrogens is 246 g/mol. The van der Waals surface area contributed by atoms with Crippen molar-refractivity contribution in [1.29, 1.82) is 0 Å². The van der Waals surface area contributed by atoms with Crippen molar-refractivity contribution in [3.8, 4) is 0 Å². The molecule has 0 bridgehead atoms. The lowest BCUT2D eigenvalue weighted by Crippen LogP contribution is -2.42. The predicted octanol–water partition coefficient (Wildman–Crippen LogP) is -0.352. The molecule has 2 rings (SSSR count). The normalized spacial score (nSPS) is 16.6. The van der Waals surface area contributed by atoms with E-state index in [1.165, 1.54) is 4.68 Å². The molecule has 0 saturated carbocycles. The summed E-state index contributed by atoms with van der Waals surface area (Å²) in [7, 11) is 1.70. The van der Waals surface area contributed by atoms with E-state index in [2.05, 4.69) is 5.10 Å². The Morgan fingerprint density at radius 3 is 2.32 bits per heavy atom. The molecule has 7 heteroatoms. The van der Waals surface area contributed by atoms with Gasteiger partial charge in [0.1, 0.15) is 5.69 Å². The van der Waals surface area contributed by atoms with E-state index < -0.39 is 0 Å². The van der Waals surface area contributed by atoms with E-state index >= 15 is 0 Å². The first kappa shape index (κ1) is 13.4. The van der Waals surface area contributed by atoms with Crippen molar-refractivity contribution in [1.82, 2.24) is 14.7 Å². The highest BCUT2D eigenvalue weighted by molar-refractivity contribution is 5.98. The summed E-state index contributed by atoms with van der Waals surface area (Å²) in [5.41, 5.74) is 12.6. The van der Waals surface area contributed by atoms with Crippen molar-refractivity contribution in [2.45, 2.75) is 19.8 Å². The van der Waals surface area contributed by atoms with Crippen molar-refractivity contribution in [2.24, 2.45) is 18.7 Å². The second-order valence-corrected chi connectivity index (χ2v) is 4.94. The molecule has 0 spiro atoms. The molecule has 1 aliphatic heterocycles. The third-order valence-electron chi connectivity index (χ3n) is 3.66. The van der Waals surface area contributed by atoms with Crippen LogP contribution in [-0.4, -0.2) is 39.6 Å². The van der Waals surface area contributed by atoms with Crippen LogP contribution < -0.4 is 11.5 Å². The Hall–Kier alpha value is -2.05. The van der Waals surface area contributed by atoms with Crippen LogP contribution in [0, 0.1) is 12.8 Å². The second-order valence-electron chi connectivity index (χ2n) is 4.94. The van der Waals surface area contributed by atoms with Crippen LogP contribution in [0.5, 0.6) is 0 Å². The number of piperidine rings is 1. The number of carbonyl (C=O) groups is 2. The van der Waals surface area contributed by atoms with Gasteiger partial charge in [-0.15, -0.1) is 0 Å². The summed E-state index contributed by atoms with van der Waals surface area (Å²) in [5.74, 6) is -0.554. The molecule has 0 atom stereocenters. The van der Waals surface area contributed by atoms with E-state index in [0.29, 0.717) is 43.0 Å². The van der Waals surface area contributed by atoms with E-state index in [1.54, 1.807) is 18.9 Å². The minimum absolute atomic E-state index is 0.130. The van der Waals surface area contributed by atoms with Crippen LogP contribution in [0.1, 0.15) is 29.0 Å². The van der Waals surface area contributed by atoms with Crippen LogP contribution in [0.15, 0.2) is 0 Å². The summed E-state index contributed by atoms with van der Waals surface area (Å²) in [4.78, 5) is 25.2. The summed E-state index contributed by atoms with van der Waals surface area (Å²) in [6.07, 6.45) is 1.22. The molecule has 2 amide bonds. The fraction of sp³-hybridized carbons (Fsp3) is 0.583. The molecule has 1 aromatic rings. The van der Waals surface area contributed by atoms with Crippen molar-refractivity contribution in [3.05, 3.63) is 11.4 Å². The van der Waals surface area contributed by atoms with E-state index in [4.69, 9.17) is 11.5 Å². The zero-order valence-corrected chi connectivity index (χ0v) is 11.2. The van der Waals surface area contributed by atoms with Gasteiger partial charge in [0, 0.05) is 26.1 Å². The number of carbonyl (C=O) groups excluding carboxylic acids is 2. The number of rotatable bonds is 2. The van der Waals surface area contributed by atoms with Gasteiger partial charge in [-0.1, -0.05) is 0 Å². The first-order valence-electron chi connectivity index (χ1n) is 6.29. The smallest absolute Gasteiger partial charge is 0.274 e. The monoisotopic (exact) mass is 265 g/mol. The fourth-order valence-electron chi connectivity index (χ4n) is 2.45. The van der Waals surface area contributed by atoms with Gasteiger partial charge >= 0.3 is 0 Å². The van der Waals surface area contributed by atoms with Gasteiger partial charge in [-0.05, 0) is 19.8 Å². The van der Waals surface area contributed by atoms with Gasteiger partial charge in [-0.2, -0.15) is 5.10 Å². The molecule has 1 fully saturated rings. The topological polar surface area (TPSA) is 107 Å². The third kappa shape index (κ3) is 2.40. The number of aromatic nitrogens is 2. The summed E-state index contributed by atoms with van der Waals surface area (Å²) in [6.45, 7) is 2.82. The van der Waals surface area contributed by atoms with Gasteiger partial charge in [0.05, 0.1) is 11.4 Å². The highest BCUT2D eigenvalue weighted by Gasteiger charge is 2.29. The van der Waals surface area contributed by atoms with E-state index in [-0.39, 0.29) is 17.7 Å². The Bertz CT molecular complexity index is 514. The van der Waals surface area contributed by atoms with E-state index in [0.717, 1.165) is 0 Å². The predicted molar refractivity (Wildman–Crippen MR) is 70.2 cm³/mol. The van der Waals surface area contributed by atoms with Crippen LogP contribution in [0.3, 0.4) is 0 Å². The van der Waals surface area contributed by atoms with Crippen LogP contribution in [-0.2, 0) is 11.8 Å². The summed E-state index contributed by atoms with van der Waals surface area (Å²) >= 11 is 0. The van der Waals surface area contributed by atoms with Gasteiger partial charge in [0.15, 0.2) is 0 Å². The van der Waals surface area contributed by atoms with Crippen molar-refractivity contribution in [2.75, 3.05) is 18.8 Å². The Balaban J connectivity index is 2.12. The van der Waals surface area contributed by atoms with Gasteiger partial charge in [-0.25, -0.2) is 0 Å². The number of anilines is 1. The lowest BCUT2D eigenvalue weighted by molar-refractivity contribution is -0.123. The average molecular weight is 265 g/mol. The molecule has 7 nitrogen and oxygen atoms in total. The van der Waals surface area contributed by atoms with Gasteiger partial charge in [0.2, 0.25) is 5.91 Å². The maximum absolute atomic E-state index is 12.4. The zero-order valence-electron chi connectivity index (χ0n) is 11.2. The van der Waals surface area contributed by atoms with Crippen LogP contribution in [0.4, 0.5) is 5.69 Å². The highest BCUT2D eigenvalue weighted by atomic mass is 16.2. The number of nitrogen functional groups attached to an aromatic ring is 1. The number of hydrogen-bond acceptors (Lipinski definition) is 4. The SMILES string of the molecule is Cc1nn(C)c(C(=O)N2CCC(C(N)=O)CC2)c1N. The number of nitrogens with two attached hydrogens (primary N) is 2. The maximum Gasteiger partial charge on any atom is 0.274 e. The van der Waals surface area contributed by atoms with Crippen molar-refractivity contribution >= 4 is 17.5 Å². The highest BCUT2D eigenvalue weighted by Crippen LogP contribution is 2.22. The third-order valence-corrected chi connectivity index (χ3v) is 3.66. The largest absolute Gasteiger partial charge is 0.395 e. The minimum atomic E-state index is -0.289. The lowest BCUT2D eigenvalue weighted by Gasteiger charge is -2.30. The molecule has 104 valence electrons. The molecule has 2 heterocycles. The molecule has 0 radical (unpaired) electrons. The Morgan fingerprint density at radius 2 is 1.89 bits per heavy atom. The average Bonchev–Trinajstić information content (AvgIpc) is 2.62. The first-order chi connectivity index (χ1) is 8.91. The quantitative estimate of drug-likeness (QED) is 0.761. The first-order valence-corrected chi connectivity index (χ1v) is 6.29.